The van der Waals surface area contributed by atoms with Crippen LogP contribution in [0.25, 0.3) is 16.7 Å². The van der Waals surface area contributed by atoms with Crippen LogP contribution in [0.1, 0.15) is 50.7 Å². The van der Waals surface area contributed by atoms with Gasteiger partial charge in [-0.05, 0) is 68.9 Å². The van der Waals surface area contributed by atoms with E-state index in [1.807, 2.05) is 53.8 Å². The predicted molar refractivity (Wildman–Crippen MR) is 178 cm³/mol. The number of aromatic nitrogens is 3. The molecule has 2 aromatic heterocycles. The smallest absolute Gasteiger partial charge is 0.227 e. The minimum absolute atomic E-state index is 0.0101. The summed E-state index contributed by atoms with van der Waals surface area (Å²) in [4.78, 5) is 32.8. The van der Waals surface area contributed by atoms with Crippen molar-refractivity contribution in [1.82, 2.24) is 29.9 Å². The van der Waals surface area contributed by atoms with E-state index in [1.165, 1.54) is 5.56 Å². The van der Waals surface area contributed by atoms with Crippen molar-refractivity contribution in [3.05, 3.63) is 84.1 Å². The van der Waals surface area contributed by atoms with Crippen LogP contribution in [0.2, 0.25) is 0 Å². The summed E-state index contributed by atoms with van der Waals surface area (Å²) in [6.07, 6.45) is 6.14. The molecular formula is C36H45N7O2. The van der Waals surface area contributed by atoms with E-state index < -0.39 is 0 Å². The van der Waals surface area contributed by atoms with Crippen LogP contribution in [0.15, 0.2) is 72.9 Å². The molecule has 2 aliphatic rings. The Morgan fingerprint density at radius 1 is 0.867 bits per heavy atom. The van der Waals surface area contributed by atoms with Gasteiger partial charge in [-0.1, -0.05) is 48.5 Å². The maximum absolute atomic E-state index is 13.2. The lowest BCUT2D eigenvalue weighted by atomic mass is 9.96. The Kier molecular flexibility index (Phi) is 9.74. The van der Waals surface area contributed by atoms with Crippen LogP contribution >= 0.6 is 0 Å². The normalized spacial score (nSPS) is 17.8. The number of carbonyl (C=O) groups is 2. The highest BCUT2D eigenvalue weighted by Crippen LogP contribution is 2.27. The molecule has 2 amide bonds. The molecule has 4 heterocycles. The molecule has 2 fully saturated rings. The Morgan fingerprint density at radius 3 is 2.31 bits per heavy atom. The molecular weight excluding hydrogens is 562 g/mol. The van der Waals surface area contributed by atoms with Gasteiger partial charge in [0, 0.05) is 63.4 Å². The van der Waals surface area contributed by atoms with Crippen molar-refractivity contribution in [1.29, 1.82) is 0 Å². The Bertz CT molecular complexity index is 1570. The highest BCUT2D eigenvalue weighted by molar-refractivity contribution is 5.90. The molecule has 2 aliphatic heterocycles. The van der Waals surface area contributed by atoms with Crippen LogP contribution in [0.3, 0.4) is 0 Å². The van der Waals surface area contributed by atoms with Gasteiger partial charge in [0.05, 0.1) is 17.9 Å². The van der Waals surface area contributed by atoms with Crippen LogP contribution < -0.4 is 10.2 Å². The van der Waals surface area contributed by atoms with Gasteiger partial charge in [-0.3, -0.25) is 19.1 Å². The van der Waals surface area contributed by atoms with Gasteiger partial charge in [0.15, 0.2) is 11.6 Å². The average Bonchev–Trinajstić information content (AvgIpc) is 3.44. The largest absolute Gasteiger partial charge is 0.354 e. The Labute approximate surface area is 266 Å². The summed E-state index contributed by atoms with van der Waals surface area (Å²) in [5, 5.41) is 13.5. The zero-order valence-corrected chi connectivity index (χ0v) is 26.6. The number of rotatable bonds is 10. The third-order valence-electron chi connectivity index (χ3n) is 9.40. The number of hydrogen-bond acceptors (Lipinski definition) is 6. The van der Waals surface area contributed by atoms with E-state index in [0.29, 0.717) is 18.8 Å². The number of likely N-dealkylation sites (tertiary alicyclic amines) is 1. The molecule has 2 aromatic carbocycles. The molecule has 1 unspecified atom stereocenters. The summed E-state index contributed by atoms with van der Waals surface area (Å²) >= 11 is 0. The molecule has 45 heavy (non-hydrogen) atoms. The zero-order valence-electron chi connectivity index (χ0n) is 26.6. The number of hydrogen-bond donors (Lipinski definition) is 1. The van der Waals surface area contributed by atoms with Crippen molar-refractivity contribution in [2.75, 3.05) is 44.2 Å². The van der Waals surface area contributed by atoms with E-state index >= 15 is 0 Å². The second-order valence-electron chi connectivity index (χ2n) is 12.4. The van der Waals surface area contributed by atoms with Crippen LogP contribution in [-0.4, -0.2) is 81.7 Å². The summed E-state index contributed by atoms with van der Waals surface area (Å²) in [5.41, 5.74) is 3.31. The third kappa shape index (κ3) is 7.20. The van der Waals surface area contributed by atoms with E-state index in [1.54, 1.807) is 0 Å². The van der Waals surface area contributed by atoms with E-state index in [9.17, 15) is 9.59 Å². The van der Waals surface area contributed by atoms with Crippen LogP contribution in [0, 0.1) is 5.92 Å². The topological polar surface area (TPSA) is 86.6 Å². The fourth-order valence-electron chi connectivity index (χ4n) is 6.90. The first-order valence-corrected chi connectivity index (χ1v) is 16.5. The molecule has 9 heteroatoms. The minimum atomic E-state index is -0.0101. The van der Waals surface area contributed by atoms with Crippen LogP contribution in [0.4, 0.5) is 5.82 Å². The van der Waals surface area contributed by atoms with Gasteiger partial charge in [0.1, 0.15) is 0 Å². The number of para-hydroxylation sites is 1. The Hall–Kier alpha value is -4.24. The van der Waals surface area contributed by atoms with Gasteiger partial charge in [-0.15, -0.1) is 10.2 Å². The second kappa shape index (κ2) is 14.2. The Morgan fingerprint density at radius 2 is 1.58 bits per heavy atom. The molecule has 236 valence electrons. The van der Waals surface area contributed by atoms with Gasteiger partial charge < -0.3 is 15.1 Å². The van der Waals surface area contributed by atoms with Gasteiger partial charge in [0.25, 0.3) is 0 Å². The fourth-order valence-corrected chi connectivity index (χ4v) is 6.90. The van der Waals surface area contributed by atoms with Gasteiger partial charge in [0.2, 0.25) is 11.8 Å². The maximum atomic E-state index is 13.2. The second-order valence-corrected chi connectivity index (χ2v) is 12.4. The number of anilines is 1. The highest BCUT2D eigenvalue weighted by Gasteiger charge is 2.29. The first-order chi connectivity index (χ1) is 22.0. The molecule has 1 N–H and O–H groups in total. The number of fused-ring (bicyclic) bond motifs is 1. The number of benzene rings is 2. The lowest BCUT2D eigenvalue weighted by Crippen LogP contribution is -2.45. The number of carbonyl (C=O) groups excluding carboxylic acids is 2. The summed E-state index contributed by atoms with van der Waals surface area (Å²) in [6, 6.07) is 22.9. The molecule has 1 atom stereocenters. The lowest BCUT2D eigenvalue weighted by Gasteiger charge is -2.34. The van der Waals surface area contributed by atoms with E-state index in [0.717, 1.165) is 87.2 Å². The van der Waals surface area contributed by atoms with E-state index in [4.69, 9.17) is 0 Å². The molecule has 6 rings (SSSR count). The van der Waals surface area contributed by atoms with Crippen molar-refractivity contribution in [2.45, 2.75) is 58.5 Å². The van der Waals surface area contributed by atoms with E-state index in [2.05, 4.69) is 67.8 Å². The predicted octanol–water partition coefficient (Wildman–Crippen LogP) is 4.83. The molecule has 4 aromatic rings. The number of nitrogens with one attached hydrogen (secondary N) is 1. The SMILES string of the molecule is CCN(CC)C(=O)C1CCCN(c2ccc(-n3cc(CC(=O)NC4CCN(Cc5ccccc5)CC4)c4ccccc43)nn2)C1. The van der Waals surface area contributed by atoms with Crippen molar-refractivity contribution in [2.24, 2.45) is 5.92 Å². The highest BCUT2D eigenvalue weighted by atomic mass is 16.2. The first-order valence-electron chi connectivity index (χ1n) is 16.5. The first kappa shape index (κ1) is 30.8. The minimum Gasteiger partial charge on any atom is -0.354 e. The maximum Gasteiger partial charge on any atom is 0.227 e. The molecule has 9 nitrogen and oxygen atoms in total. The average molecular weight is 608 g/mol. The summed E-state index contributed by atoms with van der Waals surface area (Å²) < 4.78 is 2.03. The number of piperidine rings is 2. The van der Waals surface area contributed by atoms with Crippen molar-refractivity contribution < 1.29 is 9.59 Å². The summed E-state index contributed by atoms with van der Waals surface area (Å²) in [7, 11) is 0. The molecule has 0 saturated carbocycles. The van der Waals surface area contributed by atoms with Gasteiger partial charge in [-0.2, -0.15) is 0 Å². The monoisotopic (exact) mass is 607 g/mol. The third-order valence-corrected chi connectivity index (χ3v) is 9.40. The molecule has 0 bridgehead atoms. The standard InChI is InChI=1S/C36H45N7O2/c1-3-41(4-2)36(45)28-13-10-20-42(25-28)33-16-17-34(39-38-33)43-26-29(31-14-8-9-15-32(31)43)23-35(44)37-30-18-21-40(22-19-30)24-27-11-6-5-7-12-27/h5-9,11-12,14-17,26,28,30H,3-4,10,13,18-25H2,1-2H3,(H,37,44). The molecule has 2 saturated heterocycles. The lowest BCUT2D eigenvalue weighted by molar-refractivity contribution is -0.135. The van der Waals surface area contributed by atoms with E-state index in [-0.39, 0.29) is 23.8 Å². The Balaban J connectivity index is 1.09. The summed E-state index contributed by atoms with van der Waals surface area (Å²) in [5.74, 6) is 1.78. The van der Waals surface area contributed by atoms with Crippen LogP contribution in [0.5, 0.6) is 0 Å². The van der Waals surface area contributed by atoms with Crippen LogP contribution in [-0.2, 0) is 22.6 Å². The zero-order chi connectivity index (χ0) is 31.2. The fraction of sp³-hybridized carbons (Fsp3) is 0.444. The molecule has 0 radical (unpaired) electrons. The number of nitrogens with zero attached hydrogens (tertiary/aromatic N) is 6. The van der Waals surface area contributed by atoms with Crippen molar-refractivity contribution in [3.8, 4) is 5.82 Å². The van der Waals surface area contributed by atoms with Gasteiger partial charge in [-0.25, -0.2) is 0 Å². The summed E-state index contributed by atoms with van der Waals surface area (Å²) in [6.45, 7) is 10.0. The molecule has 0 aliphatic carbocycles. The number of amides is 2. The van der Waals surface area contributed by atoms with Crippen molar-refractivity contribution in [3.63, 3.8) is 0 Å². The van der Waals surface area contributed by atoms with Crippen molar-refractivity contribution >= 4 is 28.5 Å². The quantitative estimate of drug-likeness (QED) is 0.278. The van der Waals surface area contributed by atoms with Gasteiger partial charge >= 0.3 is 0 Å². The molecule has 0 spiro atoms.